The summed E-state index contributed by atoms with van der Waals surface area (Å²) in [5.41, 5.74) is 0.522. The molecule has 0 saturated heterocycles. The lowest BCUT2D eigenvalue weighted by atomic mass is 10.1. The number of halogens is 2. The lowest BCUT2D eigenvalue weighted by Crippen LogP contribution is -2.52. The third kappa shape index (κ3) is 7.03. The quantitative estimate of drug-likeness (QED) is 0.542. The Bertz CT molecular complexity index is 1060. The Morgan fingerprint density at radius 1 is 1.06 bits per heavy atom. The molecule has 0 aliphatic rings. The van der Waals surface area contributed by atoms with Crippen LogP contribution in [0, 0.1) is 5.82 Å². The Kier molecular flexibility index (Phi) is 8.80. The van der Waals surface area contributed by atoms with Crippen molar-refractivity contribution in [3.63, 3.8) is 0 Å². The molecule has 32 heavy (non-hydrogen) atoms. The smallest absolute Gasteiger partial charge is 0.244 e. The predicted octanol–water partition coefficient (Wildman–Crippen LogP) is 3.30. The van der Waals surface area contributed by atoms with Crippen LogP contribution in [0.2, 0.25) is 0 Å². The van der Waals surface area contributed by atoms with E-state index in [2.05, 4.69) is 21.2 Å². The minimum absolute atomic E-state index is 0.161. The molecule has 2 aromatic rings. The number of sulfonamides is 1. The standard InChI is InChI=1S/C22H27BrFN3O4S/c1-15(2)25-22(29)16(3)26(13-17-7-5-6-8-20(17)24)21(28)14-27(32(4,30)31)19-11-9-18(23)10-12-19/h5-12,15-16H,13-14H2,1-4H3,(H,25,29)/t16-/m0/s1. The molecule has 0 radical (unpaired) electrons. The van der Waals surface area contributed by atoms with E-state index in [-0.39, 0.29) is 18.2 Å². The predicted molar refractivity (Wildman–Crippen MR) is 126 cm³/mol. The van der Waals surface area contributed by atoms with Gasteiger partial charge in [-0.25, -0.2) is 12.8 Å². The van der Waals surface area contributed by atoms with Crippen molar-refractivity contribution < 1.29 is 22.4 Å². The van der Waals surface area contributed by atoms with Gasteiger partial charge >= 0.3 is 0 Å². The van der Waals surface area contributed by atoms with Gasteiger partial charge in [0.25, 0.3) is 0 Å². The summed E-state index contributed by atoms with van der Waals surface area (Å²) >= 11 is 3.29. The van der Waals surface area contributed by atoms with Gasteiger partial charge in [0.1, 0.15) is 18.4 Å². The van der Waals surface area contributed by atoms with E-state index in [4.69, 9.17) is 0 Å². The fraction of sp³-hybridized carbons (Fsp3) is 0.364. The summed E-state index contributed by atoms with van der Waals surface area (Å²) in [6.45, 7) is 4.38. The van der Waals surface area contributed by atoms with Crippen molar-refractivity contribution in [2.24, 2.45) is 0 Å². The van der Waals surface area contributed by atoms with Gasteiger partial charge in [-0.2, -0.15) is 0 Å². The number of amides is 2. The van der Waals surface area contributed by atoms with E-state index in [1.807, 2.05) is 0 Å². The van der Waals surface area contributed by atoms with E-state index in [1.165, 1.54) is 30.0 Å². The second kappa shape index (κ2) is 10.9. The summed E-state index contributed by atoms with van der Waals surface area (Å²) in [6.07, 6.45) is 0.998. The molecular formula is C22H27BrFN3O4S. The number of carbonyl (C=O) groups is 2. The Balaban J connectivity index is 2.39. The first-order valence-electron chi connectivity index (χ1n) is 9.96. The molecule has 1 atom stereocenters. The van der Waals surface area contributed by atoms with E-state index >= 15 is 0 Å². The molecule has 0 bridgehead atoms. The van der Waals surface area contributed by atoms with E-state index in [0.29, 0.717) is 5.69 Å². The van der Waals surface area contributed by atoms with Crippen LogP contribution in [0.3, 0.4) is 0 Å². The third-order valence-electron chi connectivity index (χ3n) is 4.69. The number of carbonyl (C=O) groups excluding carboxylic acids is 2. The fourth-order valence-electron chi connectivity index (χ4n) is 3.02. The van der Waals surface area contributed by atoms with Crippen molar-refractivity contribution in [3.05, 3.63) is 64.4 Å². The normalized spacial score (nSPS) is 12.3. The number of nitrogens with one attached hydrogen (secondary N) is 1. The Morgan fingerprint density at radius 3 is 2.19 bits per heavy atom. The molecule has 10 heteroatoms. The number of hydrogen-bond acceptors (Lipinski definition) is 4. The first-order valence-corrected chi connectivity index (χ1v) is 12.6. The molecule has 0 aliphatic heterocycles. The third-order valence-corrected chi connectivity index (χ3v) is 6.36. The van der Waals surface area contributed by atoms with Crippen molar-refractivity contribution in [2.45, 2.75) is 39.4 Å². The van der Waals surface area contributed by atoms with Crippen molar-refractivity contribution in [3.8, 4) is 0 Å². The summed E-state index contributed by atoms with van der Waals surface area (Å²) in [7, 11) is -3.81. The van der Waals surface area contributed by atoms with Crippen LogP contribution in [0.5, 0.6) is 0 Å². The highest BCUT2D eigenvalue weighted by atomic mass is 79.9. The lowest BCUT2D eigenvalue weighted by molar-refractivity contribution is -0.139. The van der Waals surface area contributed by atoms with Crippen molar-refractivity contribution in [1.29, 1.82) is 0 Å². The molecule has 2 rings (SSSR count). The summed E-state index contributed by atoms with van der Waals surface area (Å²) in [5, 5.41) is 2.74. The summed E-state index contributed by atoms with van der Waals surface area (Å²) in [4.78, 5) is 27.1. The average Bonchev–Trinajstić information content (AvgIpc) is 2.70. The van der Waals surface area contributed by atoms with Crippen LogP contribution >= 0.6 is 15.9 Å². The lowest BCUT2D eigenvalue weighted by Gasteiger charge is -2.32. The number of hydrogen-bond donors (Lipinski definition) is 1. The molecule has 174 valence electrons. The van der Waals surface area contributed by atoms with Gasteiger partial charge in [-0.3, -0.25) is 13.9 Å². The average molecular weight is 528 g/mol. The molecule has 0 fully saturated rings. The SMILES string of the molecule is CC(C)NC(=O)[C@H](C)N(Cc1ccccc1F)C(=O)CN(c1ccc(Br)cc1)S(C)(=O)=O. The van der Waals surface area contributed by atoms with Gasteiger partial charge in [-0.1, -0.05) is 34.1 Å². The molecule has 0 spiro atoms. The maximum absolute atomic E-state index is 14.3. The first-order chi connectivity index (χ1) is 14.9. The van der Waals surface area contributed by atoms with Gasteiger partial charge in [0.15, 0.2) is 0 Å². The molecule has 0 unspecified atom stereocenters. The van der Waals surface area contributed by atoms with E-state index in [0.717, 1.165) is 15.0 Å². The van der Waals surface area contributed by atoms with Crippen LogP contribution in [-0.4, -0.2) is 50.0 Å². The summed E-state index contributed by atoms with van der Waals surface area (Å²) in [5.74, 6) is -1.57. The topological polar surface area (TPSA) is 86.8 Å². The molecule has 1 N–H and O–H groups in total. The van der Waals surface area contributed by atoms with Crippen molar-refractivity contribution in [2.75, 3.05) is 17.1 Å². The second-order valence-electron chi connectivity index (χ2n) is 7.70. The highest BCUT2D eigenvalue weighted by Gasteiger charge is 2.30. The highest BCUT2D eigenvalue weighted by molar-refractivity contribution is 9.10. The zero-order chi connectivity index (χ0) is 24.1. The molecule has 0 aliphatic carbocycles. The maximum Gasteiger partial charge on any atom is 0.244 e. The van der Waals surface area contributed by atoms with Gasteiger partial charge in [-0.15, -0.1) is 0 Å². The Labute approximate surface area is 196 Å². The van der Waals surface area contributed by atoms with Gasteiger partial charge in [0.05, 0.1) is 11.9 Å². The monoisotopic (exact) mass is 527 g/mol. The van der Waals surface area contributed by atoms with Gasteiger partial charge in [0.2, 0.25) is 21.8 Å². The molecule has 2 amide bonds. The molecule has 0 saturated carbocycles. The number of anilines is 1. The van der Waals surface area contributed by atoms with Gasteiger partial charge < -0.3 is 10.2 Å². The van der Waals surface area contributed by atoms with E-state index in [1.54, 1.807) is 44.2 Å². The largest absolute Gasteiger partial charge is 0.352 e. The van der Waals surface area contributed by atoms with Crippen LogP contribution in [0.25, 0.3) is 0 Å². The van der Waals surface area contributed by atoms with Crippen molar-refractivity contribution in [1.82, 2.24) is 10.2 Å². The molecule has 7 nitrogen and oxygen atoms in total. The molecule has 0 heterocycles. The van der Waals surface area contributed by atoms with Gasteiger partial charge in [-0.05, 0) is 51.1 Å². The zero-order valence-corrected chi connectivity index (χ0v) is 20.8. The van der Waals surface area contributed by atoms with Crippen LogP contribution < -0.4 is 9.62 Å². The van der Waals surface area contributed by atoms with Crippen LogP contribution in [0.1, 0.15) is 26.3 Å². The molecule has 0 aromatic heterocycles. The number of nitrogens with zero attached hydrogens (tertiary/aromatic N) is 2. The van der Waals surface area contributed by atoms with Crippen LogP contribution in [0.15, 0.2) is 53.0 Å². The molecular weight excluding hydrogens is 501 g/mol. The minimum Gasteiger partial charge on any atom is -0.352 e. The first kappa shape index (κ1) is 25.8. The minimum atomic E-state index is -3.81. The maximum atomic E-state index is 14.3. The van der Waals surface area contributed by atoms with E-state index < -0.39 is 40.2 Å². The summed E-state index contributed by atoms with van der Waals surface area (Å²) in [6, 6.07) is 11.3. The summed E-state index contributed by atoms with van der Waals surface area (Å²) < 4.78 is 40.9. The Morgan fingerprint density at radius 2 is 1.66 bits per heavy atom. The highest BCUT2D eigenvalue weighted by Crippen LogP contribution is 2.22. The van der Waals surface area contributed by atoms with Crippen LogP contribution in [-0.2, 0) is 26.2 Å². The van der Waals surface area contributed by atoms with E-state index in [9.17, 15) is 22.4 Å². The Hall–Kier alpha value is -2.46. The second-order valence-corrected chi connectivity index (χ2v) is 10.5. The van der Waals surface area contributed by atoms with Crippen LogP contribution in [0.4, 0.5) is 10.1 Å². The van der Waals surface area contributed by atoms with Crippen molar-refractivity contribution >= 4 is 43.5 Å². The van der Waals surface area contributed by atoms with Gasteiger partial charge in [0, 0.05) is 22.6 Å². The zero-order valence-electron chi connectivity index (χ0n) is 18.4. The number of benzene rings is 2. The number of rotatable bonds is 9. The molecule has 2 aromatic carbocycles. The fourth-order valence-corrected chi connectivity index (χ4v) is 4.13.